The molecule has 0 aromatic heterocycles. The molecule has 1 aliphatic rings. The third-order valence-corrected chi connectivity index (χ3v) is 2.95. The Kier molecular flexibility index (Phi) is 2.31. The fourth-order valence-corrected chi connectivity index (χ4v) is 1.84. The Bertz CT molecular complexity index is 399. The standard InChI is InChI=1S/C10H8BrFO2/c11-8-3-6(5-1-2-5)7(10(13)14)4-9(8)12/h3-5H,1-2H2,(H,13,14). The van der Waals surface area contributed by atoms with Gasteiger partial charge in [0.15, 0.2) is 0 Å². The lowest BCUT2D eigenvalue weighted by Gasteiger charge is -2.05. The molecule has 0 atom stereocenters. The predicted octanol–water partition coefficient (Wildman–Crippen LogP) is 3.16. The zero-order chi connectivity index (χ0) is 10.3. The van der Waals surface area contributed by atoms with Gasteiger partial charge in [-0.1, -0.05) is 0 Å². The van der Waals surface area contributed by atoms with Gasteiger partial charge in [0.05, 0.1) is 10.0 Å². The molecule has 1 fully saturated rings. The zero-order valence-electron chi connectivity index (χ0n) is 7.26. The molecule has 1 aromatic carbocycles. The van der Waals surface area contributed by atoms with E-state index in [0.29, 0.717) is 10.4 Å². The maximum atomic E-state index is 13.1. The zero-order valence-corrected chi connectivity index (χ0v) is 8.84. The highest BCUT2D eigenvalue weighted by atomic mass is 79.9. The van der Waals surface area contributed by atoms with Gasteiger partial charge < -0.3 is 5.11 Å². The second-order valence-electron chi connectivity index (χ2n) is 3.43. The molecule has 1 N–H and O–H groups in total. The lowest BCUT2D eigenvalue weighted by Crippen LogP contribution is -2.02. The number of carbonyl (C=O) groups is 1. The second-order valence-corrected chi connectivity index (χ2v) is 4.29. The second kappa shape index (κ2) is 3.35. The van der Waals surface area contributed by atoms with Crippen molar-refractivity contribution in [3.8, 4) is 0 Å². The lowest BCUT2D eigenvalue weighted by atomic mass is 10.0. The smallest absolute Gasteiger partial charge is 0.336 e. The highest BCUT2D eigenvalue weighted by Crippen LogP contribution is 2.43. The third-order valence-electron chi connectivity index (χ3n) is 2.34. The van der Waals surface area contributed by atoms with Crippen molar-refractivity contribution in [3.05, 3.63) is 33.5 Å². The first kappa shape index (κ1) is 9.65. The van der Waals surface area contributed by atoms with Crippen LogP contribution in [0.15, 0.2) is 16.6 Å². The van der Waals surface area contributed by atoms with E-state index in [2.05, 4.69) is 15.9 Å². The van der Waals surface area contributed by atoms with Crippen LogP contribution in [0.1, 0.15) is 34.7 Å². The van der Waals surface area contributed by atoms with E-state index in [0.717, 1.165) is 24.5 Å². The van der Waals surface area contributed by atoms with Gasteiger partial charge in [0.25, 0.3) is 0 Å². The minimum atomic E-state index is -1.06. The first-order valence-electron chi connectivity index (χ1n) is 4.32. The molecule has 0 heterocycles. The molecule has 0 unspecified atom stereocenters. The summed E-state index contributed by atoms with van der Waals surface area (Å²) in [5.41, 5.74) is 0.832. The summed E-state index contributed by atoms with van der Waals surface area (Å²) in [6, 6.07) is 2.66. The van der Waals surface area contributed by atoms with Gasteiger partial charge in [-0.15, -0.1) is 0 Å². The maximum absolute atomic E-state index is 13.1. The van der Waals surface area contributed by atoms with Crippen molar-refractivity contribution >= 4 is 21.9 Å². The van der Waals surface area contributed by atoms with Gasteiger partial charge in [0.2, 0.25) is 0 Å². The molecule has 0 saturated heterocycles. The number of hydrogen-bond donors (Lipinski definition) is 1. The molecule has 74 valence electrons. The van der Waals surface area contributed by atoms with Crippen molar-refractivity contribution in [3.63, 3.8) is 0 Å². The van der Waals surface area contributed by atoms with Crippen molar-refractivity contribution in [2.24, 2.45) is 0 Å². The summed E-state index contributed by atoms with van der Waals surface area (Å²) in [7, 11) is 0. The lowest BCUT2D eigenvalue weighted by molar-refractivity contribution is 0.0695. The number of rotatable bonds is 2. The van der Waals surface area contributed by atoms with E-state index in [1.54, 1.807) is 6.07 Å². The fourth-order valence-electron chi connectivity index (χ4n) is 1.48. The Balaban J connectivity index is 2.54. The summed E-state index contributed by atoms with van der Waals surface area (Å²) in [5, 5.41) is 8.88. The van der Waals surface area contributed by atoms with E-state index in [4.69, 9.17) is 5.11 Å². The Hall–Kier alpha value is -0.900. The van der Waals surface area contributed by atoms with Crippen LogP contribution < -0.4 is 0 Å². The molecule has 1 saturated carbocycles. The van der Waals surface area contributed by atoms with Crippen molar-refractivity contribution in [1.29, 1.82) is 0 Å². The molecule has 0 amide bonds. The van der Waals surface area contributed by atoms with Crippen molar-refractivity contribution in [2.45, 2.75) is 18.8 Å². The number of benzene rings is 1. The van der Waals surface area contributed by atoms with Crippen LogP contribution >= 0.6 is 15.9 Å². The van der Waals surface area contributed by atoms with Crippen LogP contribution in [0.25, 0.3) is 0 Å². The summed E-state index contributed by atoms with van der Waals surface area (Å²) in [6.07, 6.45) is 2.00. The minimum Gasteiger partial charge on any atom is -0.478 e. The van der Waals surface area contributed by atoms with Gasteiger partial charge in [0.1, 0.15) is 5.82 Å². The van der Waals surface area contributed by atoms with Crippen LogP contribution in [0.5, 0.6) is 0 Å². The summed E-state index contributed by atoms with van der Waals surface area (Å²) in [5.74, 6) is -1.27. The predicted molar refractivity (Wildman–Crippen MR) is 53.0 cm³/mol. The van der Waals surface area contributed by atoms with E-state index in [1.807, 2.05) is 0 Å². The van der Waals surface area contributed by atoms with Gasteiger partial charge in [0, 0.05) is 0 Å². The highest BCUT2D eigenvalue weighted by Gasteiger charge is 2.29. The minimum absolute atomic E-state index is 0.0909. The van der Waals surface area contributed by atoms with Crippen LogP contribution in [-0.4, -0.2) is 11.1 Å². The monoisotopic (exact) mass is 258 g/mol. The van der Waals surface area contributed by atoms with E-state index >= 15 is 0 Å². The van der Waals surface area contributed by atoms with Gasteiger partial charge in [-0.2, -0.15) is 0 Å². The van der Waals surface area contributed by atoms with Crippen LogP contribution in [0, 0.1) is 5.82 Å². The molecular weight excluding hydrogens is 251 g/mol. The molecule has 14 heavy (non-hydrogen) atoms. The van der Waals surface area contributed by atoms with Crippen LogP contribution in [-0.2, 0) is 0 Å². The van der Waals surface area contributed by atoms with E-state index < -0.39 is 11.8 Å². The SMILES string of the molecule is O=C(O)c1cc(F)c(Br)cc1C1CC1. The number of carboxylic acid groups (broad SMARTS) is 1. The van der Waals surface area contributed by atoms with Crippen molar-refractivity contribution in [1.82, 2.24) is 0 Å². The molecule has 2 rings (SSSR count). The highest BCUT2D eigenvalue weighted by molar-refractivity contribution is 9.10. The molecule has 0 radical (unpaired) electrons. The molecule has 1 aliphatic carbocycles. The molecule has 2 nitrogen and oxygen atoms in total. The molecule has 0 spiro atoms. The number of carboxylic acids is 1. The topological polar surface area (TPSA) is 37.3 Å². The van der Waals surface area contributed by atoms with E-state index in [9.17, 15) is 9.18 Å². The van der Waals surface area contributed by atoms with Crippen LogP contribution in [0.4, 0.5) is 4.39 Å². The third kappa shape index (κ3) is 1.66. The largest absolute Gasteiger partial charge is 0.478 e. The van der Waals surface area contributed by atoms with Crippen molar-refractivity contribution < 1.29 is 14.3 Å². The molecule has 0 aliphatic heterocycles. The van der Waals surface area contributed by atoms with Crippen molar-refractivity contribution in [2.75, 3.05) is 0 Å². The number of aromatic carboxylic acids is 1. The Morgan fingerprint density at radius 3 is 2.64 bits per heavy atom. The summed E-state index contributed by atoms with van der Waals surface area (Å²) in [6.45, 7) is 0. The number of hydrogen-bond acceptors (Lipinski definition) is 1. The quantitative estimate of drug-likeness (QED) is 0.885. The van der Waals surface area contributed by atoms with Gasteiger partial charge in [-0.25, -0.2) is 9.18 Å². The van der Waals surface area contributed by atoms with Crippen LogP contribution in [0.3, 0.4) is 0 Å². The summed E-state index contributed by atoms with van der Waals surface area (Å²) in [4.78, 5) is 10.8. The average Bonchev–Trinajstić information content (AvgIpc) is 2.91. The average molecular weight is 259 g/mol. The summed E-state index contributed by atoms with van der Waals surface area (Å²) < 4.78 is 13.4. The van der Waals surface area contributed by atoms with Gasteiger partial charge in [-0.05, 0) is 52.4 Å². The van der Waals surface area contributed by atoms with Gasteiger partial charge >= 0.3 is 5.97 Å². The summed E-state index contributed by atoms with van der Waals surface area (Å²) >= 11 is 3.06. The Morgan fingerprint density at radius 1 is 1.50 bits per heavy atom. The fraction of sp³-hybridized carbons (Fsp3) is 0.300. The molecule has 1 aromatic rings. The molecular formula is C10H8BrFO2. The Labute approximate surface area is 88.9 Å². The normalized spacial score (nSPS) is 15.6. The first-order valence-corrected chi connectivity index (χ1v) is 5.11. The first-order chi connectivity index (χ1) is 6.59. The Morgan fingerprint density at radius 2 is 2.14 bits per heavy atom. The number of halogens is 2. The molecule has 0 bridgehead atoms. The maximum Gasteiger partial charge on any atom is 0.336 e. The van der Waals surface area contributed by atoms with E-state index in [1.165, 1.54) is 0 Å². The van der Waals surface area contributed by atoms with E-state index in [-0.39, 0.29) is 5.56 Å². The van der Waals surface area contributed by atoms with Gasteiger partial charge in [-0.3, -0.25) is 0 Å². The molecule has 4 heteroatoms. The van der Waals surface area contributed by atoms with Crippen LogP contribution in [0.2, 0.25) is 0 Å².